The summed E-state index contributed by atoms with van der Waals surface area (Å²) in [7, 11) is 1.60. The average molecular weight is 262 g/mol. The summed E-state index contributed by atoms with van der Waals surface area (Å²) in [5, 5.41) is 0. The molecule has 0 bridgehead atoms. The van der Waals surface area contributed by atoms with E-state index in [4.69, 9.17) is 10.5 Å². The van der Waals surface area contributed by atoms with Gasteiger partial charge < -0.3 is 15.4 Å². The molecule has 1 aromatic rings. The van der Waals surface area contributed by atoms with Crippen LogP contribution >= 0.6 is 0 Å². The Morgan fingerprint density at radius 1 is 1.32 bits per heavy atom. The summed E-state index contributed by atoms with van der Waals surface area (Å²) in [6.07, 6.45) is 2.08. The summed E-state index contributed by atoms with van der Waals surface area (Å²) < 4.78 is 5.18. The lowest BCUT2D eigenvalue weighted by Gasteiger charge is -2.22. The third-order valence-corrected chi connectivity index (χ3v) is 3.77. The number of fused-ring (bicyclic) bond motifs is 1. The number of carbonyl (C=O) groups excluding carboxylic acids is 1. The van der Waals surface area contributed by atoms with E-state index in [2.05, 4.69) is 24.3 Å². The van der Waals surface area contributed by atoms with Gasteiger partial charge in [0.05, 0.1) is 12.5 Å². The number of hydrogen-bond acceptors (Lipinski definition) is 3. The van der Waals surface area contributed by atoms with Gasteiger partial charge in [-0.25, -0.2) is 0 Å². The Morgan fingerprint density at radius 2 is 1.89 bits per heavy atom. The van der Waals surface area contributed by atoms with Gasteiger partial charge in [0.15, 0.2) is 0 Å². The summed E-state index contributed by atoms with van der Waals surface area (Å²) in [5.41, 5.74) is 8.29. The van der Waals surface area contributed by atoms with Crippen LogP contribution in [0, 0.1) is 0 Å². The second-order valence-electron chi connectivity index (χ2n) is 4.95. The normalized spacial score (nSPS) is 16.6. The molecule has 2 rings (SSSR count). The molecule has 1 aromatic carbocycles. The fraction of sp³-hybridized carbons (Fsp3) is 0.533. The molecule has 4 nitrogen and oxygen atoms in total. The third-order valence-electron chi connectivity index (χ3n) is 3.77. The number of nitrogens with two attached hydrogens (primary N) is 1. The minimum atomic E-state index is -0.168. The molecule has 4 heteroatoms. The molecule has 0 aliphatic carbocycles. The lowest BCUT2D eigenvalue weighted by Crippen LogP contribution is -2.37. The van der Waals surface area contributed by atoms with Crippen molar-refractivity contribution in [2.24, 2.45) is 5.73 Å². The van der Waals surface area contributed by atoms with E-state index in [0.29, 0.717) is 13.0 Å². The van der Waals surface area contributed by atoms with Crippen molar-refractivity contribution in [3.63, 3.8) is 0 Å². The molecule has 0 radical (unpaired) electrons. The summed E-state index contributed by atoms with van der Waals surface area (Å²) >= 11 is 0. The van der Waals surface area contributed by atoms with E-state index in [9.17, 15) is 4.79 Å². The fourth-order valence-electron chi connectivity index (χ4n) is 2.50. The highest BCUT2D eigenvalue weighted by Gasteiger charge is 2.20. The number of methoxy groups -OCH3 is 1. The predicted octanol–water partition coefficient (Wildman–Crippen LogP) is 0.978. The minimum absolute atomic E-state index is 0.144. The average Bonchev–Trinajstić information content (AvgIpc) is 2.67. The number of ether oxygens (including phenoxy) is 1. The fourth-order valence-corrected chi connectivity index (χ4v) is 2.50. The van der Waals surface area contributed by atoms with Gasteiger partial charge in [0, 0.05) is 26.7 Å². The molecular weight excluding hydrogens is 240 g/mol. The lowest BCUT2D eigenvalue weighted by molar-refractivity contribution is -0.133. The van der Waals surface area contributed by atoms with E-state index >= 15 is 0 Å². The molecule has 0 aromatic heterocycles. The number of rotatable bonds is 4. The molecule has 19 heavy (non-hydrogen) atoms. The number of hydrogen-bond donors (Lipinski definition) is 1. The Hall–Kier alpha value is -1.39. The first kappa shape index (κ1) is 14.0. The van der Waals surface area contributed by atoms with Crippen molar-refractivity contribution in [1.29, 1.82) is 0 Å². The summed E-state index contributed by atoms with van der Waals surface area (Å²) in [4.78, 5) is 14.2. The van der Waals surface area contributed by atoms with Gasteiger partial charge in [0.1, 0.15) is 0 Å². The van der Waals surface area contributed by atoms with E-state index < -0.39 is 0 Å². The van der Waals surface area contributed by atoms with E-state index in [1.165, 1.54) is 11.1 Å². The van der Waals surface area contributed by atoms with Crippen LogP contribution in [0.25, 0.3) is 0 Å². The first-order chi connectivity index (χ1) is 9.24. The molecule has 1 amide bonds. The van der Waals surface area contributed by atoms with Crippen LogP contribution in [0.15, 0.2) is 24.3 Å². The number of carbonyl (C=O) groups is 1. The van der Waals surface area contributed by atoms with Gasteiger partial charge in [-0.3, -0.25) is 4.79 Å². The largest absolute Gasteiger partial charge is 0.380 e. The molecule has 0 saturated carbocycles. The first-order valence-corrected chi connectivity index (χ1v) is 6.82. The second kappa shape index (κ2) is 6.68. The van der Waals surface area contributed by atoms with Crippen molar-refractivity contribution in [2.45, 2.75) is 25.4 Å². The van der Waals surface area contributed by atoms with Gasteiger partial charge in [0.2, 0.25) is 5.91 Å². The number of amides is 1. The quantitative estimate of drug-likeness (QED) is 0.880. The van der Waals surface area contributed by atoms with Crippen LogP contribution in [0.2, 0.25) is 0 Å². The molecule has 0 spiro atoms. The number of nitrogens with zero attached hydrogens (tertiary/aromatic N) is 1. The van der Waals surface area contributed by atoms with Crippen LogP contribution in [-0.4, -0.2) is 43.7 Å². The molecule has 0 fully saturated rings. The highest BCUT2D eigenvalue weighted by Crippen LogP contribution is 2.16. The second-order valence-corrected chi connectivity index (χ2v) is 4.95. The highest BCUT2D eigenvalue weighted by molar-refractivity contribution is 5.76. The summed E-state index contributed by atoms with van der Waals surface area (Å²) in [6, 6.07) is 8.43. The Balaban J connectivity index is 1.96. The Bertz CT molecular complexity index is 403. The van der Waals surface area contributed by atoms with Crippen LogP contribution in [0.1, 0.15) is 17.5 Å². The van der Waals surface area contributed by atoms with Crippen LogP contribution < -0.4 is 5.73 Å². The first-order valence-electron chi connectivity index (χ1n) is 6.82. The van der Waals surface area contributed by atoms with E-state index in [1.807, 2.05) is 4.90 Å². The van der Waals surface area contributed by atoms with Gasteiger partial charge in [-0.15, -0.1) is 0 Å². The van der Waals surface area contributed by atoms with Gasteiger partial charge in [0.25, 0.3) is 0 Å². The Kier molecular flexibility index (Phi) is 4.93. The van der Waals surface area contributed by atoms with Crippen molar-refractivity contribution >= 4 is 5.91 Å². The molecular formula is C15H22N2O2. The standard InChI is InChI=1S/C15H22N2O2/c1-19-14(11-16)10-15(18)17-8-6-12-4-2-3-5-13(12)7-9-17/h2-5,14H,6-11,16H2,1H3. The summed E-state index contributed by atoms with van der Waals surface area (Å²) in [5.74, 6) is 0.144. The van der Waals surface area contributed by atoms with Crippen molar-refractivity contribution in [3.8, 4) is 0 Å². The van der Waals surface area contributed by atoms with Gasteiger partial charge >= 0.3 is 0 Å². The molecule has 1 aliphatic rings. The van der Waals surface area contributed by atoms with E-state index in [1.54, 1.807) is 7.11 Å². The zero-order valence-electron chi connectivity index (χ0n) is 11.5. The Labute approximate surface area is 114 Å². The third kappa shape index (κ3) is 3.55. The van der Waals surface area contributed by atoms with Gasteiger partial charge in [-0.1, -0.05) is 24.3 Å². The maximum Gasteiger partial charge on any atom is 0.225 e. The minimum Gasteiger partial charge on any atom is -0.380 e. The maximum absolute atomic E-state index is 12.2. The number of benzene rings is 1. The highest BCUT2D eigenvalue weighted by atomic mass is 16.5. The lowest BCUT2D eigenvalue weighted by atomic mass is 10.0. The summed E-state index contributed by atoms with van der Waals surface area (Å²) in [6.45, 7) is 1.96. The molecule has 1 atom stereocenters. The van der Waals surface area contributed by atoms with Gasteiger partial charge in [-0.2, -0.15) is 0 Å². The zero-order chi connectivity index (χ0) is 13.7. The van der Waals surface area contributed by atoms with Crippen LogP contribution in [0.4, 0.5) is 0 Å². The van der Waals surface area contributed by atoms with Crippen LogP contribution in [-0.2, 0) is 22.4 Å². The zero-order valence-corrected chi connectivity index (χ0v) is 11.5. The van der Waals surface area contributed by atoms with Crippen LogP contribution in [0.3, 0.4) is 0 Å². The SMILES string of the molecule is COC(CN)CC(=O)N1CCc2ccccc2CC1. The predicted molar refractivity (Wildman–Crippen MR) is 74.9 cm³/mol. The molecule has 104 valence electrons. The van der Waals surface area contributed by atoms with E-state index in [0.717, 1.165) is 25.9 Å². The van der Waals surface area contributed by atoms with Crippen molar-refractivity contribution in [2.75, 3.05) is 26.7 Å². The van der Waals surface area contributed by atoms with Crippen molar-refractivity contribution in [3.05, 3.63) is 35.4 Å². The topological polar surface area (TPSA) is 55.6 Å². The molecule has 1 aliphatic heterocycles. The monoisotopic (exact) mass is 262 g/mol. The molecule has 2 N–H and O–H groups in total. The molecule has 0 saturated heterocycles. The van der Waals surface area contributed by atoms with Crippen molar-refractivity contribution < 1.29 is 9.53 Å². The van der Waals surface area contributed by atoms with E-state index in [-0.39, 0.29) is 12.0 Å². The molecule has 1 unspecified atom stereocenters. The van der Waals surface area contributed by atoms with Crippen molar-refractivity contribution in [1.82, 2.24) is 4.90 Å². The Morgan fingerprint density at radius 3 is 2.37 bits per heavy atom. The molecule has 1 heterocycles. The van der Waals surface area contributed by atoms with Gasteiger partial charge in [-0.05, 0) is 24.0 Å². The smallest absolute Gasteiger partial charge is 0.225 e. The van der Waals surface area contributed by atoms with Crippen LogP contribution in [0.5, 0.6) is 0 Å². The maximum atomic E-state index is 12.2.